The van der Waals surface area contributed by atoms with E-state index in [1.807, 2.05) is 0 Å². The average Bonchev–Trinajstić information content (AvgIpc) is 2.37. The maximum Gasteiger partial charge on any atom is 0.320 e. The van der Waals surface area contributed by atoms with Crippen molar-refractivity contribution in [1.29, 1.82) is 0 Å². The van der Waals surface area contributed by atoms with Crippen LogP contribution in [0.25, 0.3) is 0 Å². The lowest BCUT2D eigenvalue weighted by Gasteiger charge is -2.07. The SMILES string of the molecule is CC(C)[C@H](N)C(=O)O.CS(=O)(=O)Oc1ccc(C=O)cc1. The summed E-state index contributed by atoms with van der Waals surface area (Å²) in [6.07, 6.45) is 1.63. The summed E-state index contributed by atoms with van der Waals surface area (Å²) < 4.78 is 25.9. The Bertz CT molecular complexity index is 565. The molecule has 0 heterocycles. The zero-order chi connectivity index (χ0) is 16.6. The molecule has 0 radical (unpaired) electrons. The van der Waals surface area contributed by atoms with E-state index in [9.17, 15) is 18.0 Å². The Kier molecular flexibility index (Phi) is 7.61. The van der Waals surface area contributed by atoms with Crippen LogP contribution in [-0.4, -0.2) is 38.1 Å². The zero-order valence-electron chi connectivity index (χ0n) is 12.0. The van der Waals surface area contributed by atoms with E-state index in [1.165, 1.54) is 24.3 Å². The Morgan fingerprint density at radius 3 is 2.00 bits per heavy atom. The predicted molar refractivity (Wildman–Crippen MR) is 77.8 cm³/mol. The van der Waals surface area contributed by atoms with Crippen molar-refractivity contribution < 1.29 is 27.3 Å². The molecule has 0 fully saturated rings. The molecule has 0 saturated carbocycles. The van der Waals surface area contributed by atoms with Crippen LogP contribution in [0.15, 0.2) is 24.3 Å². The van der Waals surface area contributed by atoms with Crippen LogP contribution in [0, 0.1) is 5.92 Å². The standard InChI is InChI=1S/C8H8O4S.C5H11NO2/c1-13(10,11)12-8-4-2-7(6-9)3-5-8;1-3(2)4(6)5(7)8/h2-6H,1H3;3-4H,6H2,1-2H3,(H,7,8)/t;4-/m.0/s1. The number of hydrogen-bond donors (Lipinski definition) is 2. The Balaban J connectivity index is 0.000000433. The Morgan fingerprint density at radius 2 is 1.76 bits per heavy atom. The van der Waals surface area contributed by atoms with Gasteiger partial charge in [-0.05, 0) is 30.2 Å². The molecular formula is C13H19NO6S. The molecule has 8 heteroatoms. The number of rotatable bonds is 5. The van der Waals surface area contributed by atoms with E-state index >= 15 is 0 Å². The summed E-state index contributed by atoms with van der Waals surface area (Å²) in [5.41, 5.74) is 5.63. The number of nitrogens with two attached hydrogens (primary N) is 1. The molecular weight excluding hydrogens is 298 g/mol. The number of benzene rings is 1. The first-order valence-corrected chi connectivity index (χ1v) is 7.81. The summed E-state index contributed by atoms with van der Waals surface area (Å²) in [6, 6.07) is 5.09. The molecule has 3 N–H and O–H groups in total. The maximum absolute atomic E-state index is 10.7. The largest absolute Gasteiger partial charge is 0.480 e. The molecule has 0 spiro atoms. The van der Waals surface area contributed by atoms with Crippen LogP contribution in [0.3, 0.4) is 0 Å². The van der Waals surface area contributed by atoms with Crippen molar-refractivity contribution in [2.75, 3.05) is 6.26 Å². The Hall–Kier alpha value is -1.93. The van der Waals surface area contributed by atoms with Crippen LogP contribution in [0.1, 0.15) is 24.2 Å². The lowest BCUT2D eigenvalue weighted by atomic mass is 10.1. The minimum Gasteiger partial charge on any atom is -0.480 e. The van der Waals surface area contributed by atoms with Crippen molar-refractivity contribution in [3.63, 3.8) is 0 Å². The van der Waals surface area contributed by atoms with E-state index in [4.69, 9.17) is 10.8 Å². The first-order chi connectivity index (χ1) is 9.56. The highest BCUT2D eigenvalue weighted by Crippen LogP contribution is 2.12. The third-order valence-electron chi connectivity index (χ3n) is 2.27. The minimum absolute atomic E-state index is 0.0208. The fraction of sp³-hybridized carbons (Fsp3) is 0.385. The first-order valence-electron chi connectivity index (χ1n) is 6.00. The summed E-state index contributed by atoms with van der Waals surface area (Å²) >= 11 is 0. The summed E-state index contributed by atoms with van der Waals surface area (Å²) in [6.45, 7) is 3.55. The Labute approximate surface area is 123 Å². The summed E-state index contributed by atoms with van der Waals surface area (Å²) in [4.78, 5) is 20.3. The van der Waals surface area contributed by atoms with E-state index < -0.39 is 22.1 Å². The van der Waals surface area contributed by atoms with Crippen molar-refractivity contribution >= 4 is 22.4 Å². The highest BCUT2D eigenvalue weighted by molar-refractivity contribution is 7.86. The quantitative estimate of drug-likeness (QED) is 0.610. The topological polar surface area (TPSA) is 124 Å². The minimum atomic E-state index is -3.49. The number of carbonyl (C=O) groups is 2. The molecule has 0 aliphatic rings. The van der Waals surface area contributed by atoms with Crippen LogP contribution < -0.4 is 9.92 Å². The molecule has 7 nitrogen and oxygen atoms in total. The van der Waals surface area contributed by atoms with E-state index in [2.05, 4.69) is 4.18 Å². The lowest BCUT2D eigenvalue weighted by Crippen LogP contribution is -2.34. The van der Waals surface area contributed by atoms with Gasteiger partial charge in [-0.1, -0.05) is 13.8 Å². The van der Waals surface area contributed by atoms with Gasteiger partial charge in [0, 0.05) is 5.56 Å². The van der Waals surface area contributed by atoms with Crippen molar-refractivity contribution in [2.24, 2.45) is 11.7 Å². The predicted octanol–water partition coefficient (Wildman–Crippen LogP) is 0.892. The molecule has 0 aromatic heterocycles. The normalized spacial score (nSPS) is 12.0. The smallest absolute Gasteiger partial charge is 0.320 e. The van der Waals surface area contributed by atoms with E-state index in [1.54, 1.807) is 13.8 Å². The van der Waals surface area contributed by atoms with Crippen LogP contribution in [-0.2, 0) is 14.9 Å². The number of aldehydes is 1. The zero-order valence-corrected chi connectivity index (χ0v) is 12.8. The molecule has 0 saturated heterocycles. The number of carboxylic acid groups (broad SMARTS) is 1. The molecule has 1 rings (SSSR count). The highest BCUT2D eigenvalue weighted by Gasteiger charge is 2.14. The van der Waals surface area contributed by atoms with Gasteiger partial charge in [0.05, 0.1) is 6.26 Å². The summed E-state index contributed by atoms with van der Waals surface area (Å²) in [5.74, 6) is -0.708. The number of aliphatic carboxylic acids is 1. The van der Waals surface area contributed by atoms with Gasteiger partial charge in [-0.3, -0.25) is 9.59 Å². The number of carbonyl (C=O) groups excluding carboxylic acids is 1. The molecule has 118 valence electrons. The average molecular weight is 317 g/mol. The van der Waals surface area contributed by atoms with Gasteiger partial charge in [0.15, 0.2) is 0 Å². The van der Waals surface area contributed by atoms with Gasteiger partial charge >= 0.3 is 16.1 Å². The van der Waals surface area contributed by atoms with Crippen molar-refractivity contribution in [3.8, 4) is 5.75 Å². The Morgan fingerprint density at radius 1 is 1.29 bits per heavy atom. The van der Waals surface area contributed by atoms with Crippen LogP contribution >= 0.6 is 0 Å². The maximum atomic E-state index is 10.7. The molecule has 0 aliphatic heterocycles. The second kappa shape index (κ2) is 8.38. The van der Waals surface area contributed by atoms with Crippen LogP contribution in [0.4, 0.5) is 0 Å². The molecule has 1 aromatic rings. The molecule has 0 amide bonds. The van der Waals surface area contributed by atoms with Gasteiger partial charge in [0.1, 0.15) is 18.1 Å². The third-order valence-corrected chi connectivity index (χ3v) is 2.76. The molecule has 0 aliphatic carbocycles. The highest BCUT2D eigenvalue weighted by atomic mass is 32.2. The van der Waals surface area contributed by atoms with Crippen molar-refractivity contribution in [3.05, 3.63) is 29.8 Å². The first kappa shape index (κ1) is 19.1. The van der Waals surface area contributed by atoms with Gasteiger partial charge in [0.2, 0.25) is 0 Å². The number of hydrogen-bond acceptors (Lipinski definition) is 6. The van der Waals surface area contributed by atoms with E-state index in [0.717, 1.165) is 6.26 Å². The molecule has 0 unspecified atom stereocenters. The number of carboxylic acids is 1. The van der Waals surface area contributed by atoms with Gasteiger partial charge < -0.3 is 15.0 Å². The lowest BCUT2D eigenvalue weighted by molar-refractivity contribution is -0.139. The van der Waals surface area contributed by atoms with Gasteiger partial charge in [0.25, 0.3) is 0 Å². The summed E-state index contributed by atoms with van der Waals surface area (Å²) in [7, 11) is -3.49. The fourth-order valence-electron chi connectivity index (χ4n) is 1.06. The molecule has 21 heavy (non-hydrogen) atoms. The van der Waals surface area contributed by atoms with Crippen LogP contribution in [0.2, 0.25) is 0 Å². The van der Waals surface area contributed by atoms with Crippen LogP contribution in [0.5, 0.6) is 5.75 Å². The summed E-state index contributed by atoms with van der Waals surface area (Å²) in [5, 5.41) is 8.23. The fourth-order valence-corrected chi connectivity index (χ4v) is 1.52. The van der Waals surface area contributed by atoms with Gasteiger partial charge in [-0.15, -0.1) is 0 Å². The molecule has 1 aromatic carbocycles. The van der Waals surface area contributed by atoms with E-state index in [-0.39, 0.29) is 11.7 Å². The second-order valence-corrected chi connectivity index (χ2v) is 6.16. The molecule has 0 bridgehead atoms. The van der Waals surface area contributed by atoms with Gasteiger partial charge in [-0.25, -0.2) is 0 Å². The van der Waals surface area contributed by atoms with E-state index in [0.29, 0.717) is 11.8 Å². The monoisotopic (exact) mass is 317 g/mol. The van der Waals surface area contributed by atoms with Crippen molar-refractivity contribution in [2.45, 2.75) is 19.9 Å². The second-order valence-electron chi connectivity index (χ2n) is 4.58. The van der Waals surface area contributed by atoms with Gasteiger partial charge in [-0.2, -0.15) is 8.42 Å². The third kappa shape index (κ3) is 8.77. The van der Waals surface area contributed by atoms with Crippen molar-refractivity contribution in [1.82, 2.24) is 0 Å². The molecule has 1 atom stereocenters.